The van der Waals surface area contributed by atoms with E-state index in [-0.39, 0.29) is 6.10 Å². The standard InChI is InChI=1S/C10H14N2O2/c13-6-8-5-12(7-11-8)9-1-3-10(14)4-2-9/h5-7,9-10,14H,1-4H2. The van der Waals surface area contributed by atoms with Crippen LogP contribution in [0.2, 0.25) is 0 Å². The Morgan fingerprint density at radius 3 is 2.71 bits per heavy atom. The Hall–Kier alpha value is -1.16. The van der Waals surface area contributed by atoms with E-state index in [9.17, 15) is 9.90 Å². The predicted molar refractivity (Wildman–Crippen MR) is 51.1 cm³/mol. The van der Waals surface area contributed by atoms with Gasteiger partial charge in [-0.05, 0) is 25.7 Å². The Morgan fingerprint density at radius 1 is 1.43 bits per heavy atom. The molecule has 76 valence electrons. The summed E-state index contributed by atoms with van der Waals surface area (Å²) in [4.78, 5) is 14.4. The van der Waals surface area contributed by atoms with Gasteiger partial charge in [-0.15, -0.1) is 0 Å². The van der Waals surface area contributed by atoms with Gasteiger partial charge in [0.25, 0.3) is 0 Å². The summed E-state index contributed by atoms with van der Waals surface area (Å²) in [5.74, 6) is 0. The number of rotatable bonds is 2. The molecule has 1 aliphatic rings. The quantitative estimate of drug-likeness (QED) is 0.719. The van der Waals surface area contributed by atoms with Gasteiger partial charge in [0.05, 0.1) is 12.4 Å². The SMILES string of the molecule is O=Cc1cn(C2CCC(O)CC2)cn1. The Labute approximate surface area is 82.6 Å². The molecular formula is C10H14N2O2. The lowest BCUT2D eigenvalue weighted by Crippen LogP contribution is -2.20. The molecule has 0 aliphatic heterocycles. The molecule has 0 unspecified atom stereocenters. The lowest BCUT2D eigenvalue weighted by molar-refractivity contribution is 0.110. The molecule has 0 aromatic carbocycles. The van der Waals surface area contributed by atoms with Gasteiger partial charge in [-0.2, -0.15) is 0 Å². The van der Waals surface area contributed by atoms with Gasteiger partial charge in [0.2, 0.25) is 0 Å². The second kappa shape index (κ2) is 3.92. The van der Waals surface area contributed by atoms with Crippen LogP contribution in [0.4, 0.5) is 0 Å². The van der Waals surface area contributed by atoms with Crippen LogP contribution in [0.25, 0.3) is 0 Å². The van der Waals surface area contributed by atoms with Crippen molar-refractivity contribution in [2.75, 3.05) is 0 Å². The molecule has 0 spiro atoms. The summed E-state index contributed by atoms with van der Waals surface area (Å²) in [6.07, 6.45) is 7.72. The van der Waals surface area contributed by atoms with E-state index in [4.69, 9.17) is 0 Å². The Kier molecular flexibility index (Phi) is 2.63. The molecule has 2 rings (SSSR count). The van der Waals surface area contributed by atoms with Crippen LogP contribution in [-0.2, 0) is 0 Å². The maximum atomic E-state index is 10.4. The van der Waals surface area contributed by atoms with Crippen LogP contribution >= 0.6 is 0 Å². The third-order valence-electron chi connectivity index (χ3n) is 2.83. The van der Waals surface area contributed by atoms with E-state index >= 15 is 0 Å². The fourth-order valence-electron chi connectivity index (χ4n) is 1.97. The van der Waals surface area contributed by atoms with Gasteiger partial charge in [0.1, 0.15) is 5.69 Å². The monoisotopic (exact) mass is 194 g/mol. The molecule has 0 amide bonds. The first-order valence-electron chi connectivity index (χ1n) is 4.96. The van der Waals surface area contributed by atoms with Gasteiger partial charge in [0.15, 0.2) is 6.29 Å². The average Bonchev–Trinajstić information content (AvgIpc) is 2.67. The molecule has 1 saturated carbocycles. The van der Waals surface area contributed by atoms with Crippen LogP contribution < -0.4 is 0 Å². The maximum Gasteiger partial charge on any atom is 0.169 e. The Balaban J connectivity index is 2.04. The number of carbonyl (C=O) groups excluding carboxylic acids is 1. The fourth-order valence-corrected chi connectivity index (χ4v) is 1.97. The van der Waals surface area contributed by atoms with Gasteiger partial charge in [0, 0.05) is 12.2 Å². The molecule has 1 aromatic rings. The van der Waals surface area contributed by atoms with Crippen molar-refractivity contribution in [1.82, 2.24) is 9.55 Å². The van der Waals surface area contributed by atoms with Crippen LogP contribution in [0.1, 0.15) is 42.2 Å². The zero-order valence-corrected chi connectivity index (χ0v) is 7.97. The van der Waals surface area contributed by atoms with Crippen molar-refractivity contribution in [1.29, 1.82) is 0 Å². The van der Waals surface area contributed by atoms with Gasteiger partial charge < -0.3 is 9.67 Å². The second-order valence-electron chi connectivity index (χ2n) is 3.83. The van der Waals surface area contributed by atoms with Crippen LogP contribution in [0.15, 0.2) is 12.5 Å². The lowest BCUT2D eigenvalue weighted by atomic mass is 9.93. The van der Waals surface area contributed by atoms with Crippen LogP contribution in [0.5, 0.6) is 0 Å². The predicted octanol–water partition coefficient (Wildman–Crippen LogP) is 1.17. The second-order valence-corrected chi connectivity index (χ2v) is 3.83. The number of nitrogens with zero attached hydrogens (tertiary/aromatic N) is 2. The Morgan fingerprint density at radius 2 is 2.14 bits per heavy atom. The molecule has 1 aromatic heterocycles. The van der Waals surface area contributed by atoms with Gasteiger partial charge >= 0.3 is 0 Å². The molecule has 14 heavy (non-hydrogen) atoms. The highest BCUT2D eigenvalue weighted by molar-refractivity contribution is 5.70. The summed E-state index contributed by atoms with van der Waals surface area (Å²) >= 11 is 0. The molecule has 0 saturated heterocycles. The van der Waals surface area contributed by atoms with E-state index in [1.165, 1.54) is 0 Å². The molecule has 0 atom stereocenters. The average molecular weight is 194 g/mol. The third-order valence-corrected chi connectivity index (χ3v) is 2.83. The first kappa shape index (κ1) is 9.40. The van der Waals surface area contributed by atoms with Gasteiger partial charge in [-0.3, -0.25) is 4.79 Å². The largest absolute Gasteiger partial charge is 0.393 e. The third kappa shape index (κ3) is 1.85. The fraction of sp³-hybridized carbons (Fsp3) is 0.600. The highest BCUT2D eigenvalue weighted by Gasteiger charge is 2.20. The maximum absolute atomic E-state index is 10.4. The minimum atomic E-state index is -0.139. The van der Waals surface area contributed by atoms with Crippen LogP contribution in [0.3, 0.4) is 0 Å². The van der Waals surface area contributed by atoms with E-state index in [0.29, 0.717) is 11.7 Å². The number of carbonyl (C=O) groups is 1. The first-order chi connectivity index (χ1) is 6.79. The van der Waals surface area contributed by atoms with E-state index in [1.54, 1.807) is 12.5 Å². The zero-order chi connectivity index (χ0) is 9.97. The molecule has 1 fully saturated rings. The lowest BCUT2D eigenvalue weighted by Gasteiger charge is -2.26. The highest BCUT2D eigenvalue weighted by atomic mass is 16.3. The van der Waals surface area contributed by atoms with Gasteiger partial charge in [-0.25, -0.2) is 4.98 Å². The number of imidazole rings is 1. The normalized spacial score (nSPS) is 27.5. The molecule has 1 aliphatic carbocycles. The molecule has 4 nitrogen and oxygen atoms in total. The Bertz CT molecular complexity index is 314. The van der Waals surface area contributed by atoms with Crippen molar-refractivity contribution < 1.29 is 9.90 Å². The number of hydrogen-bond acceptors (Lipinski definition) is 3. The van der Waals surface area contributed by atoms with Crippen molar-refractivity contribution in [2.45, 2.75) is 37.8 Å². The number of hydrogen-bond donors (Lipinski definition) is 1. The number of aliphatic hydroxyl groups excluding tert-OH is 1. The summed E-state index contributed by atoms with van der Waals surface area (Å²) in [5.41, 5.74) is 0.483. The summed E-state index contributed by atoms with van der Waals surface area (Å²) < 4.78 is 1.98. The minimum Gasteiger partial charge on any atom is -0.393 e. The molecule has 0 radical (unpaired) electrons. The first-order valence-corrected chi connectivity index (χ1v) is 4.96. The summed E-state index contributed by atoms with van der Waals surface area (Å²) in [6, 6.07) is 0.402. The molecule has 1 N–H and O–H groups in total. The number of aromatic nitrogens is 2. The number of aliphatic hydroxyl groups is 1. The smallest absolute Gasteiger partial charge is 0.169 e. The van der Waals surface area contributed by atoms with E-state index in [2.05, 4.69) is 4.98 Å². The van der Waals surface area contributed by atoms with Crippen molar-refractivity contribution in [2.24, 2.45) is 0 Å². The number of aldehydes is 1. The summed E-state index contributed by atoms with van der Waals surface area (Å²) in [7, 11) is 0. The molecule has 4 heteroatoms. The molecular weight excluding hydrogens is 180 g/mol. The van der Waals surface area contributed by atoms with Crippen LogP contribution in [-0.4, -0.2) is 27.0 Å². The molecule has 0 bridgehead atoms. The highest BCUT2D eigenvalue weighted by Crippen LogP contribution is 2.28. The van der Waals surface area contributed by atoms with Gasteiger partial charge in [-0.1, -0.05) is 0 Å². The van der Waals surface area contributed by atoms with E-state index < -0.39 is 0 Å². The zero-order valence-electron chi connectivity index (χ0n) is 7.97. The van der Waals surface area contributed by atoms with Crippen LogP contribution in [0, 0.1) is 0 Å². The topological polar surface area (TPSA) is 55.1 Å². The van der Waals surface area contributed by atoms with Crippen molar-refractivity contribution >= 4 is 6.29 Å². The summed E-state index contributed by atoms with van der Waals surface area (Å²) in [6.45, 7) is 0. The van der Waals surface area contributed by atoms with E-state index in [1.807, 2.05) is 4.57 Å². The molecule has 1 heterocycles. The van der Waals surface area contributed by atoms with Crippen molar-refractivity contribution in [3.05, 3.63) is 18.2 Å². The van der Waals surface area contributed by atoms with Crippen molar-refractivity contribution in [3.8, 4) is 0 Å². The van der Waals surface area contributed by atoms with E-state index in [0.717, 1.165) is 32.0 Å². The summed E-state index contributed by atoms with van der Waals surface area (Å²) in [5, 5.41) is 9.34. The van der Waals surface area contributed by atoms with Crippen molar-refractivity contribution in [3.63, 3.8) is 0 Å². The minimum absolute atomic E-state index is 0.139.